The number of aryl methyl sites for hydroxylation is 1. The largest absolute Gasteiger partial charge is 0.479 e. The summed E-state index contributed by atoms with van der Waals surface area (Å²) in [5.74, 6) is -0.454. The fourth-order valence-electron chi connectivity index (χ4n) is 0.849. The van der Waals surface area contributed by atoms with E-state index in [9.17, 15) is 4.79 Å². The Morgan fingerprint density at radius 3 is 3.07 bits per heavy atom. The summed E-state index contributed by atoms with van der Waals surface area (Å²) in [5, 5.41) is 16.9. The summed E-state index contributed by atoms with van der Waals surface area (Å²) in [4.78, 5) is 22.4. The number of carboxylic acids is 1. The molecule has 0 radical (unpaired) electrons. The molecule has 0 aliphatic rings. The number of nitriles is 1. The van der Waals surface area contributed by atoms with E-state index in [1.54, 1.807) is 6.92 Å². The van der Waals surface area contributed by atoms with Crippen molar-refractivity contribution in [3.05, 3.63) is 17.6 Å². The molecule has 0 aliphatic carbocycles. The van der Waals surface area contributed by atoms with E-state index in [4.69, 9.17) is 10.4 Å². The van der Waals surface area contributed by atoms with Crippen molar-refractivity contribution in [2.24, 2.45) is 0 Å². The van der Waals surface area contributed by atoms with Crippen LogP contribution >= 0.6 is 0 Å². The van der Waals surface area contributed by atoms with Gasteiger partial charge in [-0.1, -0.05) is 0 Å². The predicted molar refractivity (Wildman–Crippen MR) is 48.7 cm³/mol. The summed E-state index contributed by atoms with van der Waals surface area (Å²) < 4.78 is 0. The average molecular weight is 208 g/mol. The third kappa shape index (κ3) is 3.58. The first-order chi connectivity index (χ1) is 7.11. The van der Waals surface area contributed by atoms with Crippen LogP contribution in [0, 0.1) is 18.3 Å². The highest BCUT2D eigenvalue weighted by molar-refractivity contribution is 5.68. The fourth-order valence-corrected chi connectivity index (χ4v) is 0.849. The first kappa shape index (κ1) is 10.9. The van der Waals surface area contributed by atoms with E-state index in [2.05, 4.69) is 20.3 Å². The van der Waals surface area contributed by atoms with Gasteiger partial charge in [-0.2, -0.15) is 5.26 Å². The molecule has 1 rings (SSSR count). The van der Waals surface area contributed by atoms with Crippen LogP contribution in [0.5, 0.6) is 0 Å². The molecule has 78 valence electrons. The number of carboxylic acid groups (broad SMARTS) is 1. The first-order valence-corrected chi connectivity index (χ1v) is 3.97. The van der Waals surface area contributed by atoms with Crippen LogP contribution in [0.3, 0.4) is 0 Å². The molecule has 0 bridgehead atoms. The second-order valence-corrected chi connectivity index (χ2v) is 2.58. The summed E-state index contributed by atoms with van der Waals surface area (Å²) >= 11 is 0. The minimum Gasteiger partial charge on any atom is -0.479 e. The SMILES string of the molecule is Cc1nc(C#N)cc(NOCC(=O)O)n1. The molecule has 1 aromatic heterocycles. The smallest absolute Gasteiger partial charge is 0.332 e. The summed E-state index contributed by atoms with van der Waals surface area (Å²) in [6.07, 6.45) is 0. The Kier molecular flexibility index (Phi) is 3.54. The van der Waals surface area contributed by atoms with Crippen molar-refractivity contribution in [2.45, 2.75) is 6.92 Å². The van der Waals surface area contributed by atoms with E-state index >= 15 is 0 Å². The van der Waals surface area contributed by atoms with Gasteiger partial charge in [-0.05, 0) is 6.92 Å². The number of rotatable bonds is 4. The molecule has 0 spiro atoms. The number of nitrogens with zero attached hydrogens (tertiary/aromatic N) is 3. The van der Waals surface area contributed by atoms with Crippen LogP contribution in [0.25, 0.3) is 0 Å². The number of hydrogen-bond donors (Lipinski definition) is 2. The molecule has 1 heterocycles. The van der Waals surface area contributed by atoms with Gasteiger partial charge in [0.2, 0.25) is 0 Å². The highest BCUT2D eigenvalue weighted by Crippen LogP contribution is 2.05. The van der Waals surface area contributed by atoms with E-state index in [1.165, 1.54) is 6.07 Å². The van der Waals surface area contributed by atoms with Gasteiger partial charge in [0.25, 0.3) is 0 Å². The Morgan fingerprint density at radius 1 is 1.73 bits per heavy atom. The highest BCUT2D eigenvalue weighted by atomic mass is 16.7. The molecule has 7 nitrogen and oxygen atoms in total. The molecular weight excluding hydrogens is 200 g/mol. The second-order valence-electron chi connectivity index (χ2n) is 2.58. The molecule has 15 heavy (non-hydrogen) atoms. The van der Waals surface area contributed by atoms with Gasteiger partial charge in [0, 0.05) is 6.07 Å². The molecule has 0 saturated heterocycles. The molecule has 1 aromatic rings. The lowest BCUT2D eigenvalue weighted by Crippen LogP contribution is -2.12. The predicted octanol–water partition coefficient (Wildman–Crippen LogP) is 0.0848. The van der Waals surface area contributed by atoms with Crippen LogP contribution in [-0.4, -0.2) is 27.7 Å². The van der Waals surface area contributed by atoms with E-state index < -0.39 is 12.6 Å². The maximum absolute atomic E-state index is 10.1. The summed E-state index contributed by atoms with van der Waals surface area (Å²) in [6, 6.07) is 3.20. The van der Waals surface area contributed by atoms with Gasteiger partial charge >= 0.3 is 5.97 Å². The quantitative estimate of drug-likeness (QED) is 0.674. The number of aliphatic carboxylic acids is 1. The molecule has 0 aliphatic heterocycles. The van der Waals surface area contributed by atoms with Crippen molar-refractivity contribution in [3.63, 3.8) is 0 Å². The zero-order chi connectivity index (χ0) is 11.3. The van der Waals surface area contributed by atoms with Crippen molar-refractivity contribution in [1.29, 1.82) is 5.26 Å². The fraction of sp³-hybridized carbons (Fsp3) is 0.250. The average Bonchev–Trinajstić information content (AvgIpc) is 2.16. The Bertz CT molecular complexity index is 413. The Labute approximate surface area is 85.3 Å². The number of carbonyl (C=O) groups is 1. The van der Waals surface area contributed by atoms with Crippen LogP contribution in [0.4, 0.5) is 5.82 Å². The van der Waals surface area contributed by atoms with Gasteiger partial charge in [-0.3, -0.25) is 4.84 Å². The van der Waals surface area contributed by atoms with E-state index in [-0.39, 0.29) is 11.5 Å². The van der Waals surface area contributed by atoms with Gasteiger partial charge in [0.1, 0.15) is 17.6 Å². The second kappa shape index (κ2) is 4.88. The number of nitrogens with one attached hydrogen (secondary N) is 1. The van der Waals surface area contributed by atoms with Gasteiger partial charge in [0.05, 0.1) is 0 Å². The van der Waals surface area contributed by atoms with Gasteiger partial charge in [-0.25, -0.2) is 20.2 Å². The molecule has 7 heteroatoms. The third-order valence-electron chi connectivity index (χ3n) is 1.32. The van der Waals surface area contributed by atoms with Crippen LogP contribution in [0.15, 0.2) is 6.07 Å². The molecule has 0 fully saturated rings. The zero-order valence-electron chi connectivity index (χ0n) is 7.89. The molecular formula is C8H8N4O3. The number of hydrogen-bond acceptors (Lipinski definition) is 6. The standard InChI is InChI=1S/C8H8N4O3/c1-5-10-6(3-9)2-7(11-5)12-15-4-8(13)14/h2H,4H2,1H3,(H,13,14)(H,10,11,12). The summed E-state index contributed by atoms with van der Waals surface area (Å²) in [5.41, 5.74) is 2.49. The molecule has 2 N–H and O–H groups in total. The minimum absolute atomic E-state index is 0.184. The molecule has 0 amide bonds. The van der Waals surface area contributed by atoms with E-state index in [0.29, 0.717) is 5.82 Å². The molecule has 0 aromatic carbocycles. The lowest BCUT2D eigenvalue weighted by molar-refractivity contribution is -0.141. The number of aromatic nitrogens is 2. The van der Waals surface area contributed by atoms with Gasteiger partial charge < -0.3 is 5.11 Å². The monoisotopic (exact) mass is 208 g/mol. The van der Waals surface area contributed by atoms with E-state index in [1.807, 2.05) is 6.07 Å². The lowest BCUT2D eigenvalue weighted by atomic mass is 10.4. The molecule has 0 atom stereocenters. The van der Waals surface area contributed by atoms with Crippen molar-refractivity contribution in [1.82, 2.24) is 9.97 Å². The zero-order valence-corrected chi connectivity index (χ0v) is 7.89. The van der Waals surface area contributed by atoms with Crippen molar-refractivity contribution >= 4 is 11.8 Å². The highest BCUT2D eigenvalue weighted by Gasteiger charge is 2.02. The summed E-state index contributed by atoms with van der Waals surface area (Å²) in [6.45, 7) is 1.12. The minimum atomic E-state index is -1.10. The van der Waals surface area contributed by atoms with Gasteiger partial charge in [0.15, 0.2) is 12.4 Å². The van der Waals surface area contributed by atoms with Crippen LogP contribution in [-0.2, 0) is 9.63 Å². The lowest BCUT2D eigenvalue weighted by Gasteiger charge is -2.04. The normalized spacial score (nSPS) is 9.33. The molecule has 0 saturated carbocycles. The van der Waals surface area contributed by atoms with Crippen LogP contribution < -0.4 is 5.48 Å². The van der Waals surface area contributed by atoms with Crippen LogP contribution in [0.1, 0.15) is 11.5 Å². The third-order valence-corrected chi connectivity index (χ3v) is 1.32. The maximum Gasteiger partial charge on any atom is 0.332 e. The Morgan fingerprint density at radius 2 is 2.47 bits per heavy atom. The Balaban J connectivity index is 2.65. The molecule has 0 unspecified atom stereocenters. The van der Waals surface area contributed by atoms with Crippen molar-refractivity contribution in [3.8, 4) is 6.07 Å². The van der Waals surface area contributed by atoms with Crippen molar-refractivity contribution < 1.29 is 14.7 Å². The van der Waals surface area contributed by atoms with Crippen LogP contribution in [0.2, 0.25) is 0 Å². The van der Waals surface area contributed by atoms with E-state index in [0.717, 1.165) is 0 Å². The summed E-state index contributed by atoms with van der Waals surface area (Å²) in [7, 11) is 0. The Hall–Kier alpha value is -2.20. The number of anilines is 1. The topological polar surface area (TPSA) is 108 Å². The van der Waals surface area contributed by atoms with Crippen molar-refractivity contribution in [2.75, 3.05) is 12.1 Å². The first-order valence-electron chi connectivity index (χ1n) is 3.97. The maximum atomic E-state index is 10.1. The van der Waals surface area contributed by atoms with Gasteiger partial charge in [-0.15, -0.1) is 0 Å².